The van der Waals surface area contributed by atoms with Gasteiger partial charge in [-0.15, -0.1) is 23.7 Å². The highest BCUT2D eigenvalue weighted by Gasteiger charge is 2.23. The third kappa shape index (κ3) is 4.44. The van der Waals surface area contributed by atoms with Crippen LogP contribution in [0.2, 0.25) is 4.34 Å². The summed E-state index contributed by atoms with van der Waals surface area (Å²) in [6.45, 7) is 0.550. The lowest BCUT2D eigenvalue weighted by atomic mass is 10.1. The molecule has 116 valence electrons. The summed E-state index contributed by atoms with van der Waals surface area (Å²) in [6.07, 6.45) is 3.55. The van der Waals surface area contributed by atoms with Gasteiger partial charge in [0.15, 0.2) is 0 Å². The van der Waals surface area contributed by atoms with Gasteiger partial charge in [-0.2, -0.15) is 5.10 Å². The van der Waals surface area contributed by atoms with Gasteiger partial charge in [0.05, 0.1) is 17.1 Å². The Kier molecular flexibility index (Phi) is 6.67. The van der Waals surface area contributed by atoms with E-state index < -0.39 is 0 Å². The van der Waals surface area contributed by atoms with E-state index in [4.69, 9.17) is 11.6 Å². The van der Waals surface area contributed by atoms with Crippen LogP contribution in [0.1, 0.15) is 16.5 Å². The largest absolute Gasteiger partial charge is 0.339 e. The van der Waals surface area contributed by atoms with Crippen molar-refractivity contribution in [2.45, 2.75) is 12.6 Å². The molecular weight excluding hydrogens is 331 g/mol. The van der Waals surface area contributed by atoms with E-state index in [1.807, 2.05) is 25.4 Å². The van der Waals surface area contributed by atoms with Crippen LogP contribution in [0.4, 0.5) is 0 Å². The molecule has 0 saturated carbocycles. The molecule has 2 rings (SSSR count). The Morgan fingerprint density at radius 3 is 2.76 bits per heavy atom. The van der Waals surface area contributed by atoms with Gasteiger partial charge < -0.3 is 10.2 Å². The third-order valence-electron chi connectivity index (χ3n) is 2.99. The number of hydrogen-bond donors (Lipinski definition) is 1. The number of hydrogen-bond acceptors (Lipinski definition) is 4. The highest BCUT2D eigenvalue weighted by atomic mass is 35.5. The van der Waals surface area contributed by atoms with Crippen molar-refractivity contribution in [1.82, 2.24) is 20.0 Å². The van der Waals surface area contributed by atoms with Crippen molar-refractivity contribution < 1.29 is 4.79 Å². The summed E-state index contributed by atoms with van der Waals surface area (Å²) in [4.78, 5) is 15.2. The molecule has 1 amide bonds. The maximum absolute atomic E-state index is 12.5. The third-order valence-corrected chi connectivity index (χ3v) is 4.21. The number of carbonyl (C=O) groups is 1. The SMILES string of the molecule is CNC(C(=O)N(C)Cc1ccc(Cl)s1)c1cnn(C)c1.Cl. The van der Waals surface area contributed by atoms with E-state index >= 15 is 0 Å². The zero-order chi connectivity index (χ0) is 14.7. The van der Waals surface area contributed by atoms with Gasteiger partial charge in [-0.3, -0.25) is 9.48 Å². The van der Waals surface area contributed by atoms with Gasteiger partial charge >= 0.3 is 0 Å². The van der Waals surface area contributed by atoms with Gasteiger partial charge in [0.2, 0.25) is 5.91 Å². The average Bonchev–Trinajstić information content (AvgIpc) is 2.99. The topological polar surface area (TPSA) is 50.2 Å². The van der Waals surface area contributed by atoms with Crippen molar-refractivity contribution in [1.29, 1.82) is 0 Å². The van der Waals surface area contributed by atoms with Crippen molar-refractivity contribution in [2.24, 2.45) is 7.05 Å². The molecule has 5 nitrogen and oxygen atoms in total. The number of aromatic nitrogens is 2. The fraction of sp³-hybridized carbons (Fsp3) is 0.385. The van der Waals surface area contributed by atoms with E-state index in [0.29, 0.717) is 6.54 Å². The molecule has 2 aromatic rings. The second-order valence-corrected chi connectivity index (χ2v) is 6.37. The number of nitrogens with zero attached hydrogens (tertiary/aromatic N) is 3. The molecular formula is C13H18Cl2N4OS. The summed E-state index contributed by atoms with van der Waals surface area (Å²) in [5.41, 5.74) is 0.857. The van der Waals surface area contributed by atoms with Crippen LogP contribution in [0, 0.1) is 0 Å². The molecule has 0 aliphatic heterocycles. The lowest BCUT2D eigenvalue weighted by Crippen LogP contribution is -2.36. The Morgan fingerprint density at radius 1 is 1.57 bits per heavy atom. The number of aryl methyl sites for hydroxylation is 1. The minimum atomic E-state index is -0.385. The number of rotatable bonds is 5. The summed E-state index contributed by atoms with van der Waals surface area (Å²) in [6, 6.07) is 3.40. The number of carbonyl (C=O) groups excluding carboxylic acids is 1. The first-order valence-corrected chi connectivity index (χ1v) is 7.35. The van der Waals surface area contributed by atoms with Crippen molar-refractivity contribution in [3.63, 3.8) is 0 Å². The molecule has 0 radical (unpaired) electrons. The Morgan fingerprint density at radius 2 is 2.29 bits per heavy atom. The molecule has 0 fully saturated rings. The number of likely N-dealkylation sites (N-methyl/N-ethyl adjacent to an activating group) is 2. The van der Waals surface area contributed by atoms with Gasteiger partial charge in [0, 0.05) is 30.7 Å². The number of nitrogens with one attached hydrogen (secondary N) is 1. The molecule has 0 aliphatic rings. The Hall–Kier alpha value is -1.08. The van der Waals surface area contributed by atoms with Crippen molar-refractivity contribution in [2.75, 3.05) is 14.1 Å². The first-order valence-electron chi connectivity index (χ1n) is 6.16. The first kappa shape index (κ1) is 18.0. The molecule has 0 bridgehead atoms. The Balaban J connectivity index is 0.00000220. The van der Waals surface area contributed by atoms with Crippen LogP contribution in [-0.4, -0.2) is 34.7 Å². The van der Waals surface area contributed by atoms with Crippen LogP contribution in [0.5, 0.6) is 0 Å². The molecule has 21 heavy (non-hydrogen) atoms. The average molecular weight is 349 g/mol. The molecule has 0 aromatic carbocycles. The Labute approximate surface area is 139 Å². The normalized spacial score (nSPS) is 11.8. The smallest absolute Gasteiger partial charge is 0.244 e. The summed E-state index contributed by atoms with van der Waals surface area (Å²) in [5.74, 6) is 0.00465. The zero-order valence-corrected chi connectivity index (χ0v) is 14.4. The molecule has 0 aliphatic carbocycles. The summed E-state index contributed by atoms with van der Waals surface area (Å²) < 4.78 is 2.42. The number of amides is 1. The van der Waals surface area contributed by atoms with Gasteiger partial charge in [-0.1, -0.05) is 11.6 Å². The van der Waals surface area contributed by atoms with Crippen LogP contribution in [-0.2, 0) is 18.4 Å². The predicted octanol–water partition coefficient (Wildman–Crippen LogP) is 2.48. The minimum Gasteiger partial charge on any atom is -0.339 e. The van der Waals surface area contributed by atoms with Crippen LogP contribution < -0.4 is 5.32 Å². The number of thiophene rings is 1. The molecule has 0 saturated heterocycles. The van der Waals surface area contributed by atoms with Gasteiger partial charge in [0.1, 0.15) is 6.04 Å². The van der Waals surface area contributed by atoms with E-state index in [1.165, 1.54) is 11.3 Å². The first-order chi connectivity index (χ1) is 9.51. The molecule has 8 heteroatoms. The van der Waals surface area contributed by atoms with Crippen LogP contribution in [0.25, 0.3) is 0 Å². The second kappa shape index (κ2) is 7.79. The highest BCUT2D eigenvalue weighted by molar-refractivity contribution is 7.16. The van der Waals surface area contributed by atoms with Crippen LogP contribution >= 0.6 is 35.3 Å². The molecule has 1 atom stereocenters. The molecule has 2 heterocycles. The van der Waals surface area contributed by atoms with Crippen LogP contribution in [0.3, 0.4) is 0 Å². The lowest BCUT2D eigenvalue weighted by molar-refractivity contribution is -0.132. The lowest BCUT2D eigenvalue weighted by Gasteiger charge is -2.22. The monoisotopic (exact) mass is 348 g/mol. The fourth-order valence-corrected chi connectivity index (χ4v) is 3.13. The van der Waals surface area contributed by atoms with Crippen molar-refractivity contribution in [3.8, 4) is 0 Å². The van der Waals surface area contributed by atoms with E-state index in [2.05, 4.69) is 10.4 Å². The van der Waals surface area contributed by atoms with Gasteiger partial charge in [-0.25, -0.2) is 0 Å². The van der Waals surface area contributed by atoms with E-state index in [-0.39, 0.29) is 24.4 Å². The van der Waals surface area contributed by atoms with Crippen molar-refractivity contribution in [3.05, 3.63) is 39.3 Å². The molecule has 0 spiro atoms. The maximum Gasteiger partial charge on any atom is 0.244 e. The molecule has 1 unspecified atom stereocenters. The fourth-order valence-electron chi connectivity index (χ4n) is 1.99. The van der Waals surface area contributed by atoms with Gasteiger partial charge in [0.25, 0.3) is 0 Å². The summed E-state index contributed by atoms with van der Waals surface area (Å²) in [7, 11) is 5.39. The zero-order valence-electron chi connectivity index (χ0n) is 12.0. The maximum atomic E-state index is 12.5. The van der Waals surface area contributed by atoms with Crippen LogP contribution in [0.15, 0.2) is 24.5 Å². The summed E-state index contributed by atoms with van der Waals surface area (Å²) >= 11 is 7.39. The number of halogens is 2. The van der Waals surface area contributed by atoms with Crippen molar-refractivity contribution >= 4 is 41.3 Å². The Bertz CT molecular complexity index is 599. The molecule has 1 N–H and O–H groups in total. The predicted molar refractivity (Wildman–Crippen MR) is 88.1 cm³/mol. The van der Waals surface area contributed by atoms with E-state index in [0.717, 1.165) is 14.8 Å². The minimum absolute atomic E-state index is 0. The van der Waals surface area contributed by atoms with E-state index in [1.54, 1.807) is 29.9 Å². The summed E-state index contributed by atoms with van der Waals surface area (Å²) in [5, 5.41) is 7.14. The highest BCUT2D eigenvalue weighted by Crippen LogP contribution is 2.23. The standard InChI is InChI=1S/C13H17ClN4OS.ClH/c1-15-12(9-6-16-18(3)7-9)13(19)17(2)8-10-4-5-11(14)20-10;/h4-7,12,15H,8H2,1-3H3;1H. The quantitative estimate of drug-likeness (QED) is 0.902. The van der Waals surface area contributed by atoms with Gasteiger partial charge in [-0.05, 0) is 19.2 Å². The van der Waals surface area contributed by atoms with E-state index in [9.17, 15) is 4.79 Å². The molecule has 2 aromatic heterocycles. The second-order valence-electron chi connectivity index (χ2n) is 4.57.